The van der Waals surface area contributed by atoms with Crippen molar-refractivity contribution in [2.24, 2.45) is 0 Å². The molecule has 1 unspecified atom stereocenters. The number of sulfone groups is 1. The number of carboxylic acid groups (broad SMARTS) is 1. The molecule has 1 heterocycles. The smallest absolute Gasteiger partial charge is 0.303 e. The van der Waals surface area contributed by atoms with Gasteiger partial charge in [-0.1, -0.05) is 0 Å². The zero-order chi connectivity index (χ0) is 12.6. The molecule has 1 aliphatic heterocycles. The van der Waals surface area contributed by atoms with Crippen LogP contribution in [0.3, 0.4) is 0 Å². The molecule has 0 spiro atoms. The Balaban J connectivity index is 2.30. The minimum atomic E-state index is -3.49. The van der Waals surface area contributed by atoms with Crippen molar-refractivity contribution in [2.75, 3.05) is 0 Å². The van der Waals surface area contributed by atoms with Crippen LogP contribution in [0.2, 0.25) is 0 Å². The van der Waals surface area contributed by atoms with Crippen LogP contribution in [0, 0.1) is 5.82 Å². The predicted octanol–water partition coefficient (Wildman–Crippen LogP) is 1.39. The van der Waals surface area contributed by atoms with Crippen LogP contribution in [-0.2, 0) is 21.1 Å². The van der Waals surface area contributed by atoms with E-state index in [4.69, 9.17) is 5.11 Å². The van der Waals surface area contributed by atoms with Crippen molar-refractivity contribution in [1.82, 2.24) is 0 Å². The number of carbonyl (C=O) groups is 1. The summed E-state index contributed by atoms with van der Waals surface area (Å²) in [6.45, 7) is 0. The molecule has 92 valence electrons. The molecule has 6 heteroatoms. The lowest BCUT2D eigenvalue weighted by atomic mass is 10.1. The van der Waals surface area contributed by atoms with E-state index in [2.05, 4.69) is 0 Å². The molecule has 1 atom stereocenters. The summed E-state index contributed by atoms with van der Waals surface area (Å²) in [6, 6.07) is 3.56. The SMILES string of the molecule is O=C(O)CCC1Cc2cc(F)ccc2S1(=O)=O. The van der Waals surface area contributed by atoms with Crippen LogP contribution in [-0.4, -0.2) is 24.7 Å². The summed E-state index contributed by atoms with van der Waals surface area (Å²) < 4.78 is 37.0. The molecule has 0 bridgehead atoms. The van der Waals surface area contributed by atoms with Crippen LogP contribution in [0.25, 0.3) is 0 Å². The number of hydrogen-bond donors (Lipinski definition) is 1. The molecule has 1 aromatic carbocycles. The highest BCUT2D eigenvalue weighted by molar-refractivity contribution is 7.92. The average Bonchev–Trinajstić information content (AvgIpc) is 2.46. The maximum absolute atomic E-state index is 13.0. The zero-order valence-corrected chi connectivity index (χ0v) is 9.71. The van der Waals surface area contributed by atoms with Gasteiger partial charge < -0.3 is 5.11 Å². The summed E-state index contributed by atoms with van der Waals surface area (Å²) in [5, 5.41) is 7.81. The Labute approximate surface area is 98.0 Å². The van der Waals surface area contributed by atoms with Gasteiger partial charge >= 0.3 is 5.97 Å². The fourth-order valence-electron chi connectivity index (χ4n) is 2.06. The third kappa shape index (κ3) is 2.17. The van der Waals surface area contributed by atoms with Gasteiger partial charge in [0.1, 0.15) is 5.82 Å². The highest BCUT2D eigenvalue weighted by atomic mass is 32.2. The number of hydrogen-bond acceptors (Lipinski definition) is 3. The van der Waals surface area contributed by atoms with Crippen LogP contribution in [0.4, 0.5) is 4.39 Å². The van der Waals surface area contributed by atoms with Crippen LogP contribution < -0.4 is 0 Å². The standard InChI is InChI=1S/C11H11FO4S/c12-8-1-3-10-7(5-8)6-9(17(10,15)16)2-4-11(13)14/h1,3,5,9H,2,4,6H2,(H,13,14). The molecular weight excluding hydrogens is 247 g/mol. The fourth-order valence-corrected chi connectivity index (χ4v) is 4.01. The topological polar surface area (TPSA) is 71.4 Å². The van der Waals surface area contributed by atoms with E-state index in [1.54, 1.807) is 0 Å². The van der Waals surface area contributed by atoms with Gasteiger partial charge in [-0.15, -0.1) is 0 Å². The summed E-state index contributed by atoms with van der Waals surface area (Å²) >= 11 is 0. The van der Waals surface area contributed by atoms with Crippen LogP contribution in [0.1, 0.15) is 18.4 Å². The van der Waals surface area contributed by atoms with Gasteiger partial charge in [0, 0.05) is 6.42 Å². The molecule has 0 saturated heterocycles. The molecule has 1 aromatic rings. The van der Waals surface area contributed by atoms with E-state index in [9.17, 15) is 17.6 Å². The van der Waals surface area contributed by atoms with Gasteiger partial charge in [-0.2, -0.15) is 0 Å². The Morgan fingerprint density at radius 1 is 1.47 bits per heavy atom. The van der Waals surface area contributed by atoms with Gasteiger partial charge in [0.25, 0.3) is 0 Å². The van der Waals surface area contributed by atoms with Gasteiger partial charge in [-0.3, -0.25) is 4.79 Å². The van der Waals surface area contributed by atoms with Crippen molar-refractivity contribution in [3.63, 3.8) is 0 Å². The summed E-state index contributed by atoms with van der Waals surface area (Å²) in [7, 11) is -3.49. The Morgan fingerprint density at radius 3 is 2.82 bits per heavy atom. The molecule has 1 aliphatic rings. The third-order valence-electron chi connectivity index (χ3n) is 2.90. The summed E-state index contributed by atoms with van der Waals surface area (Å²) in [5.74, 6) is -1.50. The zero-order valence-electron chi connectivity index (χ0n) is 8.89. The number of rotatable bonds is 3. The van der Waals surface area contributed by atoms with Crippen LogP contribution in [0.5, 0.6) is 0 Å². The molecule has 2 rings (SSSR count). The van der Waals surface area contributed by atoms with Crippen molar-refractivity contribution in [1.29, 1.82) is 0 Å². The first-order valence-electron chi connectivity index (χ1n) is 5.15. The van der Waals surface area contributed by atoms with E-state index in [1.165, 1.54) is 12.1 Å². The van der Waals surface area contributed by atoms with Crippen LogP contribution in [0.15, 0.2) is 23.1 Å². The third-order valence-corrected chi connectivity index (χ3v) is 5.19. The summed E-state index contributed by atoms with van der Waals surface area (Å²) in [5.41, 5.74) is 0.445. The van der Waals surface area contributed by atoms with E-state index in [0.29, 0.717) is 5.56 Å². The fraction of sp³-hybridized carbons (Fsp3) is 0.364. The van der Waals surface area contributed by atoms with E-state index < -0.39 is 26.9 Å². The number of carboxylic acids is 1. The minimum Gasteiger partial charge on any atom is -0.481 e. The van der Waals surface area contributed by atoms with Gasteiger partial charge in [-0.05, 0) is 36.6 Å². The molecule has 17 heavy (non-hydrogen) atoms. The van der Waals surface area contributed by atoms with Gasteiger partial charge in [0.05, 0.1) is 10.1 Å². The number of halogens is 1. The Morgan fingerprint density at radius 2 is 2.18 bits per heavy atom. The molecule has 0 radical (unpaired) electrons. The maximum Gasteiger partial charge on any atom is 0.303 e. The normalized spacial score (nSPS) is 21.1. The van der Waals surface area contributed by atoms with Crippen molar-refractivity contribution in [3.05, 3.63) is 29.6 Å². The number of aliphatic carboxylic acids is 1. The lowest BCUT2D eigenvalue weighted by Gasteiger charge is -2.06. The largest absolute Gasteiger partial charge is 0.481 e. The second-order valence-corrected chi connectivity index (χ2v) is 6.25. The predicted molar refractivity (Wildman–Crippen MR) is 57.9 cm³/mol. The second-order valence-electron chi connectivity index (χ2n) is 4.06. The van der Waals surface area contributed by atoms with Gasteiger partial charge in [0.15, 0.2) is 9.84 Å². The monoisotopic (exact) mass is 258 g/mol. The summed E-state index contributed by atoms with van der Waals surface area (Å²) in [4.78, 5) is 10.6. The summed E-state index contributed by atoms with van der Waals surface area (Å²) in [6.07, 6.45) is 0.0665. The molecule has 0 saturated carbocycles. The number of fused-ring (bicyclic) bond motifs is 1. The van der Waals surface area contributed by atoms with Crippen LogP contribution >= 0.6 is 0 Å². The van der Waals surface area contributed by atoms with E-state index in [1.807, 2.05) is 0 Å². The lowest BCUT2D eigenvalue weighted by molar-refractivity contribution is -0.137. The van der Waals surface area contributed by atoms with Crippen molar-refractivity contribution in [2.45, 2.75) is 29.4 Å². The number of benzene rings is 1. The molecular formula is C11H11FO4S. The molecule has 0 aliphatic carbocycles. The first kappa shape index (κ1) is 12.0. The Kier molecular flexibility index (Phi) is 2.91. The highest BCUT2D eigenvalue weighted by Gasteiger charge is 2.36. The van der Waals surface area contributed by atoms with Crippen molar-refractivity contribution in [3.8, 4) is 0 Å². The lowest BCUT2D eigenvalue weighted by Crippen LogP contribution is -2.18. The van der Waals surface area contributed by atoms with E-state index in [-0.39, 0.29) is 24.2 Å². The second kappa shape index (κ2) is 4.10. The van der Waals surface area contributed by atoms with Gasteiger partial charge in [0.2, 0.25) is 0 Å². The maximum atomic E-state index is 13.0. The highest BCUT2D eigenvalue weighted by Crippen LogP contribution is 2.33. The quantitative estimate of drug-likeness (QED) is 0.832. The molecule has 0 aromatic heterocycles. The minimum absolute atomic E-state index is 0.0635. The van der Waals surface area contributed by atoms with Crippen molar-refractivity contribution >= 4 is 15.8 Å². The van der Waals surface area contributed by atoms with Crippen molar-refractivity contribution < 1.29 is 22.7 Å². The molecule has 1 N–H and O–H groups in total. The molecule has 0 amide bonds. The van der Waals surface area contributed by atoms with Gasteiger partial charge in [-0.25, -0.2) is 12.8 Å². The van der Waals surface area contributed by atoms with E-state index in [0.717, 1.165) is 6.07 Å². The van der Waals surface area contributed by atoms with E-state index >= 15 is 0 Å². The molecule has 4 nitrogen and oxygen atoms in total. The average molecular weight is 258 g/mol. The Hall–Kier alpha value is -1.43. The first-order chi connectivity index (χ1) is 7.91. The Bertz CT molecular complexity index is 565. The first-order valence-corrected chi connectivity index (χ1v) is 6.70. The molecule has 0 fully saturated rings.